The predicted octanol–water partition coefficient (Wildman–Crippen LogP) is 4.41. The molecule has 0 amide bonds. The lowest BCUT2D eigenvalue weighted by Gasteiger charge is -2.11. The van der Waals surface area contributed by atoms with Gasteiger partial charge in [-0.1, -0.05) is 42.5 Å². The number of Topliss-reactive ketones (excluding diaryl/α,β-unsaturated/α-hetero) is 1. The normalized spacial score (nSPS) is 12.7. The van der Waals surface area contributed by atoms with Crippen LogP contribution in [0.3, 0.4) is 0 Å². The first-order chi connectivity index (χ1) is 12.6. The van der Waals surface area contributed by atoms with Crippen LogP contribution < -0.4 is 4.74 Å². The number of phenolic OH excluding ortho intramolecular Hbond substituents is 2. The molecule has 0 saturated carbocycles. The zero-order valence-electron chi connectivity index (χ0n) is 14.1. The fraction of sp³-hybridized carbons (Fsp3) is 0.136. The van der Waals surface area contributed by atoms with Gasteiger partial charge in [-0.15, -0.1) is 0 Å². The molecule has 0 fully saturated rings. The Bertz CT molecular complexity index is 977. The molecule has 0 atom stereocenters. The summed E-state index contributed by atoms with van der Waals surface area (Å²) in [6.45, 7) is 0. The molecule has 0 saturated heterocycles. The van der Waals surface area contributed by atoms with Gasteiger partial charge in [0.1, 0.15) is 28.6 Å². The Morgan fingerprint density at radius 3 is 2.42 bits per heavy atom. The predicted molar refractivity (Wildman–Crippen MR) is 98.2 cm³/mol. The molecule has 130 valence electrons. The summed E-state index contributed by atoms with van der Waals surface area (Å²) in [6, 6.07) is 18.6. The van der Waals surface area contributed by atoms with E-state index in [9.17, 15) is 15.0 Å². The summed E-state index contributed by atoms with van der Waals surface area (Å²) < 4.78 is 5.89. The van der Waals surface area contributed by atoms with Gasteiger partial charge in [0.2, 0.25) is 0 Å². The third-order valence-electron chi connectivity index (χ3n) is 4.59. The van der Waals surface area contributed by atoms with Crippen LogP contribution in [-0.4, -0.2) is 16.0 Å². The third-order valence-corrected chi connectivity index (χ3v) is 4.59. The zero-order chi connectivity index (χ0) is 18.1. The summed E-state index contributed by atoms with van der Waals surface area (Å²) >= 11 is 0. The average Bonchev–Trinajstić information content (AvgIpc) is 2.75. The highest BCUT2D eigenvalue weighted by Gasteiger charge is 2.25. The molecule has 1 heterocycles. The molecule has 1 aliphatic rings. The minimum Gasteiger partial charge on any atom is -0.508 e. The number of aryl methyl sites for hydroxylation is 2. The minimum absolute atomic E-state index is 0.116. The highest BCUT2D eigenvalue weighted by atomic mass is 16.5. The van der Waals surface area contributed by atoms with Crippen molar-refractivity contribution in [3.63, 3.8) is 0 Å². The van der Waals surface area contributed by atoms with Gasteiger partial charge in [0.15, 0.2) is 5.78 Å². The Morgan fingerprint density at radius 1 is 0.846 bits per heavy atom. The van der Waals surface area contributed by atoms with Crippen LogP contribution in [0.25, 0.3) is 0 Å². The number of ether oxygens (including phenoxy) is 1. The van der Waals surface area contributed by atoms with Gasteiger partial charge in [0, 0.05) is 24.1 Å². The van der Waals surface area contributed by atoms with E-state index in [1.54, 1.807) is 0 Å². The molecule has 0 radical (unpaired) electrons. The molecule has 3 aromatic carbocycles. The van der Waals surface area contributed by atoms with Crippen molar-refractivity contribution in [2.45, 2.75) is 19.3 Å². The third kappa shape index (κ3) is 3.14. The van der Waals surface area contributed by atoms with E-state index >= 15 is 0 Å². The van der Waals surface area contributed by atoms with E-state index in [4.69, 9.17) is 4.74 Å². The maximum absolute atomic E-state index is 12.5. The number of ketones is 1. The summed E-state index contributed by atoms with van der Waals surface area (Å²) in [5.74, 6) is 0.146. The van der Waals surface area contributed by atoms with Gasteiger partial charge in [-0.05, 0) is 30.0 Å². The summed E-state index contributed by atoms with van der Waals surface area (Å²) in [4.78, 5) is 12.5. The first kappa shape index (κ1) is 16.2. The summed E-state index contributed by atoms with van der Waals surface area (Å²) in [7, 11) is 0. The summed E-state index contributed by atoms with van der Waals surface area (Å²) in [5.41, 5.74) is 3.25. The number of fused-ring (bicyclic) bond motifs is 2. The first-order valence-electron chi connectivity index (χ1n) is 8.53. The van der Waals surface area contributed by atoms with E-state index in [0.29, 0.717) is 5.75 Å². The number of rotatable bonds is 3. The molecular formula is C22H18O4. The van der Waals surface area contributed by atoms with Gasteiger partial charge in [0.25, 0.3) is 0 Å². The molecule has 0 unspecified atom stereocenters. The molecular weight excluding hydrogens is 328 g/mol. The second kappa shape index (κ2) is 6.56. The highest BCUT2D eigenvalue weighted by Crippen LogP contribution is 2.40. The second-order valence-corrected chi connectivity index (χ2v) is 6.47. The Morgan fingerprint density at radius 2 is 1.62 bits per heavy atom. The van der Waals surface area contributed by atoms with Crippen molar-refractivity contribution in [3.8, 4) is 23.0 Å². The number of aromatic hydroxyl groups is 2. The van der Waals surface area contributed by atoms with E-state index in [1.165, 1.54) is 11.6 Å². The van der Waals surface area contributed by atoms with Gasteiger partial charge in [0.05, 0.1) is 0 Å². The second-order valence-electron chi connectivity index (χ2n) is 6.47. The van der Waals surface area contributed by atoms with Crippen molar-refractivity contribution < 1.29 is 19.7 Å². The lowest BCUT2D eigenvalue weighted by atomic mass is 9.99. The van der Waals surface area contributed by atoms with Gasteiger partial charge < -0.3 is 14.9 Å². The van der Waals surface area contributed by atoms with Gasteiger partial charge >= 0.3 is 0 Å². The van der Waals surface area contributed by atoms with Crippen LogP contribution in [0.15, 0.2) is 60.7 Å². The fourth-order valence-corrected chi connectivity index (χ4v) is 3.26. The molecule has 0 aromatic heterocycles. The minimum atomic E-state index is -0.262. The van der Waals surface area contributed by atoms with Crippen LogP contribution in [0.2, 0.25) is 0 Å². The van der Waals surface area contributed by atoms with Crippen molar-refractivity contribution in [1.82, 2.24) is 0 Å². The van der Waals surface area contributed by atoms with Gasteiger partial charge in [-0.2, -0.15) is 0 Å². The number of benzene rings is 3. The quantitative estimate of drug-likeness (QED) is 0.737. The van der Waals surface area contributed by atoms with Crippen LogP contribution in [0.4, 0.5) is 0 Å². The molecule has 2 N–H and O–H groups in total. The number of phenols is 2. The van der Waals surface area contributed by atoms with Crippen molar-refractivity contribution in [2.75, 3.05) is 0 Å². The van der Waals surface area contributed by atoms with Crippen LogP contribution >= 0.6 is 0 Å². The lowest BCUT2D eigenvalue weighted by molar-refractivity contribution is 0.0991. The standard InChI is InChI=1S/C22H18O4/c23-17-12-19(25)22-18(24)11-16-9-8-15(10-20(16)26-21(22)13-17)7-6-14-4-2-1-3-5-14/h1-5,8-10,12-13,23,25H,6-7,11H2. The SMILES string of the molecule is O=C1Cc2ccc(CCc3ccccc3)cc2Oc2cc(O)cc(O)c21. The number of carbonyl (C=O) groups excluding carboxylic acids is 1. The first-order valence-corrected chi connectivity index (χ1v) is 8.53. The lowest BCUT2D eigenvalue weighted by Crippen LogP contribution is -2.02. The Labute approximate surface area is 151 Å². The van der Waals surface area contributed by atoms with Crippen LogP contribution in [0.1, 0.15) is 27.0 Å². The van der Waals surface area contributed by atoms with Crippen molar-refractivity contribution in [1.29, 1.82) is 0 Å². The van der Waals surface area contributed by atoms with E-state index in [0.717, 1.165) is 30.0 Å². The maximum Gasteiger partial charge on any atom is 0.174 e. The van der Waals surface area contributed by atoms with Gasteiger partial charge in [-0.3, -0.25) is 4.79 Å². The zero-order valence-corrected chi connectivity index (χ0v) is 14.1. The smallest absolute Gasteiger partial charge is 0.174 e. The summed E-state index contributed by atoms with van der Waals surface area (Å²) in [6.07, 6.45) is 1.92. The largest absolute Gasteiger partial charge is 0.508 e. The van der Waals surface area contributed by atoms with E-state index in [1.807, 2.05) is 36.4 Å². The molecule has 0 spiro atoms. The molecule has 3 aromatic rings. The van der Waals surface area contributed by atoms with Crippen LogP contribution in [0.5, 0.6) is 23.0 Å². The molecule has 4 heteroatoms. The van der Waals surface area contributed by atoms with E-state index in [-0.39, 0.29) is 35.0 Å². The molecule has 0 bridgehead atoms. The Balaban J connectivity index is 1.64. The highest BCUT2D eigenvalue weighted by molar-refractivity contribution is 6.03. The molecule has 0 aliphatic carbocycles. The number of carbonyl (C=O) groups is 1. The Hall–Kier alpha value is -3.27. The van der Waals surface area contributed by atoms with Gasteiger partial charge in [-0.25, -0.2) is 0 Å². The topological polar surface area (TPSA) is 66.8 Å². The van der Waals surface area contributed by atoms with Crippen molar-refractivity contribution in [3.05, 3.63) is 82.9 Å². The molecule has 26 heavy (non-hydrogen) atoms. The van der Waals surface area contributed by atoms with E-state index < -0.39 is 0 Å². The molecule has 4 nitrogen and oxygen atoms in total. The van der Waals surface area contributed by atoms with Crippen molar-refractivity contribution >= 4 is 5.78 Å². The van der Waals surface area contributed by atoms with Crippen molar-refractivity contribution in [2.24, 2.45) is 0 Å². The number of hydrogen-bond donors (Lipinski definition) is 2. The monoisotopic (exact) mass is 346 g/mol. The molecule has 4 rings (SSSR count). The maximum atomic E-state index is 12.5. The summed E-state index contributed by atoms with van der Waals surface area (Å²) in [5, 5.41) is 19.7. The number of hydrogen-bond acceptors (Lipinski definition) is 4. The average molecular weight is 346 g/mol. The van der Waals surface area contributed by atoms with E-state index in [2.05, 4.69) is 12.1 Å². The molecule has 1 aliphatic heterocycles. The van der Waals surface area contributed by atoms with Crippen LogP contribution in [-0.2, 0) is 19.3 Å². The fourth-order valence-electron chi connectivity index (χ4n) is 3.26. The van der Waals surface area contributed by atoms with Crippen LogP contribution in [0, 0.1) is 0 Å². The Kier molecular flexibility index (Phi) is 4.09.